The number of primary sulfonamides is 1. The third-order valence-corrected chi connectivity index (χ3v) is 3.88. The molecule has 1 aromatic rings. The SMILES string of the molecule is Nc1cc(S(N)(=O)=O)ccc1NC1CCCNC1=O. The molecule has 19 heavy (non-hydrogen) atoms. The third kappa shape index (κ3) is 3.15. The average molecular weight is 284 g/mol. The minimum Gasteiger partial charge on any atom is -0.397 e. The molecule has 0 aromatic heterocycles. The highest BCUT2D eigenvalue weighted by Gasteiger charge is 2.22. The first kappa shape index (κ1) is 13.6. The van der Waals surface area contributed by atoms with E-state index in [4.69, 9.17) is 10.9 Å². The van der Waals surface area contributed by atoms with Gasteiger partial charge in [0.25, 0.3) is 0 Å². The Hall–Kier alpha value is -1.80. The van der Waals surface area contributed by atoms with E-state index in [2.05, 4.69) is 10.6 Å². The summed E-state index contributed by atoms with van der Waals surface area (Å²) in [6.07, 6.45) is 1.60. The maximum absolute atomic E-state index is 11.6. The minimum absolute atomic E-state index is 0.0522. The van der Waals surface area contributed by atoms with Crippen LogP contribution < -0.4 is 21.5 Å². The van der Waals surface area contributed by atoms with Gasteiger partial charge in [-0.2, -0.15) is 0 Å². The van der Waals surface area contributed by atoms with Crippen LogP contribution >= 0.6 is 0 Å². The lowest BCUT2D eigenvalue weighted by Gasteiger charge is -2.24. The maximum Gasteiger partial charge on any atom is 0.242 e. The van der Waals surface area contributed by atoms with Crippen molar-refractivity contribution in [1.82, 2.24) is 5.32 Å². The molecule has 1 amide bonds. The van der Waals surface area contributed by atoms with Gasteiger partial charge in [-0.15, -0.1) is 0 Å². The summed E-state index contributed by atoms with van der Waals surface area (Å²) < 4.78 is 22.4. The van der Waals surface area contributed by atoms with Crippen molar-refractivity contribution < 1.29 is 13.2 Å². The number of sulfonamides is 1. The molecule has 104 valence electrons. The van der Waals surface area contributed by atoms with E-state index in [1.165, 1.54) is 18.2 Å². The lowest BCUT2D eigenvalue weighted by molar-refractivity contribution is -0.123. The number of benzene rings is 1. The Morgan fingerprint density at radius 1 is 1.37 bits per heavy atom. The van der Waals surface area contributed by atoms with E-state index >= 15 is 0 Å². The summed E-state index contributed by atoms with van der Waals surface area (Å²) in [6, 6.07) is 3.79. The van der Waals surface area contributed by atoms with Crippen molar-refractivity contribution in [2.45, 2.75) is 23.8 Å². The number of rotatable bonds is 3. The Labute approximate surface area is 111 Å². The van der Waals surface area contributed by atoms with Crippen molar-refractivity contribution in [1.29, 1.82) is 0 Å². The van der Waals surface area contributed by atoms with Crippen LogP contribution in [-0.4, -0.2) is 26.9 Å². The Balaban J connectivity index is 2.20. The number of anilines is 2. The molecule has 1 saturated heterocycles. The molecule has 1 fully saturated rings. The predicted molar refractivity (Wildman–Crippen MR) is 71.9 cm³/mol. The maximum atomic E-state index is 11.6. The monoisotopic (exact) mass is 284 g/mol. The molecule has 1 atom stereocenters. The topological polar surface area (TPSA) is 127 Å². The van der Waals surface area contributed by atoms with Gasteiger partial charge in [0.15, 0.2) is 0 Å². The summed E-state index contributed by atoms with van der Waals surface area (Å²) in [7, 11) is -3.77. The number of nitrogen functional groups attached to an aromatic ring is 1. The number of nitrogens with two attached hydrogens (primary N) is 2. The van der Waals surface area contributed by atoms with Gasteiger partial charge in [-0.1, -0.05) is 0 Å². The number of amides is 1. The van der Waals surface area contributed by atoms with Crippen LogP contribution in [0.25, 0.3) is 0 Å². The van der Waals surface area contributed by atoms with E-state index in [0.717, 1.165) is 6.42 Å². The van der Waals surface area contributed by atoms with Crippen molar-refractivity contribution in [3.05, 3.63) is 18.2 Å². The van der Waals surface area contributed by atoms with Crippen LogP contribution in [-0.2, 0) is 14.8 Å². The predicted octanol–water partition coefficient (Wildman–Crippen LogP) is -0.393. The number of nitrogens with one attached hydrogen (secondary N) is 2. The van der Waals surface area contributed by atoms with Gasteiger partial charge >= 0.3 is 0 Å². The van der Waals surface area contributed by atoms with Crippen molar-refractivity contribution in [2.24, 2.45) is 5.14 Å². The zero-order valence-electron chi connectivity index (χ0n) is 10.2. The minimum atomic E-state index is -3.77. The summed E-state index contributed by atoms with van der Waals surface area (Å²) in [5.74, 6) is -0.0822. The number of carbonyl (C=O) groups is 1. The van der Waals surface area contributed by atoms with Crippen molar-refractivity contribution in [3.8, 4) is 0 Å². The highest BCUT2D eigenvalue weighted by molar-refractivity contribution is 7.89. The Kier molecular flexibility index (Phi) is 3.63. The molecule has 0 aliphatic carbocycles. The Bertz CT molecular complexity index is 600. The van der Waals surface area contributed by atoms with Gasteiger partial charge in [0.1, 0.15) is 6.04 Å². The van der Waals surface area contributed by atoms with E-state index in [9.17, 15) is 13.2 Å². The molecule has 0 saturated carbocycles. The van der Waals surface area contributed by atoms with Crippen molar-refractivity contribution >= 4 is 27.3 Å². The normalized spacial score (nSPS) is 19.8. The first-order valence-corrected chi connectivity index (χ1v) is 7.39. The summed E-state index contributed by atoms with van der Waals surface area (Å²) in [4.78, 5) is 11.6. The van der Waals surface area contributed by atoms with Gasteiger partial charge in [-0.05, 0) is 31.0 Å². The summed E-state index contributed by atoms with van der Waals surface area (Å²) in [6.45, 7) is 0.677. The van der Waals surface area contributed by atoms with Crippen LogP contribution in [0.2, 0.25) is 0 Å². The van der Waals surface area contributed by atoms with Gasteiger partial charge in [-0.3, -0.25) is 4.79 Å². The molecule has 7 nitrogen and oxygen atoms in total. The molecule has 0 bridgehead atoms. The molecule has 0 spiro atoms. The molecule has 1 aliphatic rings. The van der Waals surface area contributed by atoms with Gasteiger partial charge in [0.2, 0.25) is 15.9 Å². The standard InChI is InChI=1S/C11H16N4O3S/c12-8-6-7(19(13,17)18)3-4-9(8)15-10-2-1-5-14-11(10)16/h3-4,6,10,15H,1-2,5,12H2,(H,14,16)(H2,13,17,18). The highest BCUT2D eigenvalue weighted by Crippen LogP contribution is 2.23. The summed E-state index contributed by atoms with van der Waals surface area (Å²) in [5, 5.41) is 10.8. The Morgan fingerprint density at radius 2 is 2.11 bits per heavy atom. The summed E-state index contributed by atoms with van der Waals surface area (Å²) in [5.41, 5.74) is 6.53. The van der Waals surface area contributed by atoms with Gasteiger partial charge < -0.3 is 16.4 Å². The highest BCUT2D eigenvalue weighted by atomic mass is 32.2. The second kappa shape index (κ2) is 5.06. The van der Waals surface area contributed by atoms with Crippen LogP contribution in [0.4, 0.5) is 11.4 Å². The van der Waals surface area contributed by atoms with E-state index < -0.39 is 10.0 Å². The van der Waals surface area contributed by atoms with E-state index in [-0.39, 0.29) is 22.5 Å². The second-order valence-electron chi connectivity index (χ2n) is 4.42. The lowest BCUT2D eigenvalue weighted by atomic mass is 10.1. The first-order chi connectivity index (χ1) is 8.88. The molecule has 1 aliphatic heterocycles. The zero-order valence-corrected chi connectivity index (χ0v) is 11.0. The largest absolute Gasteiger partial charge is 0.397 e. The van der Waals surface area contributed by atoms with Crippen molar-refractivity contribution in [2.75, 3.05) is 17.6 Å². The fraction of sp³-hybridized carbons (Fsp3) is 0.364. The zero-order chi connectivity index (χ0) is 14.0. The molecule has 2 rings (SSSR count). The molecule has 1 unspecified atom stereocenters. The molecule has 1 heterocycles. The number of carbonyl (C=O) groups excluding carboxylic acids is 1. The van der Waals surface area contributed by atoms with E-state index in [0.29, 0.717) is 18.7 Å². The van der Waals surface area contributed by atoms with Crippen LogP contribution in [0.1, 0.15) is 12.8 Å². The van der Waals surface area contributed by atoms with E-state index in [1.54, 1.807) is 0 Å². The second-order valence-corrected chi connectivity index (χ2v) is 5.99. The average Bonchev–Trinajstić information content (AvgIpc) is 2.33. The van der Waals surface area contributed by atoms with Gasteiger partial charge in [0.05, 0.1) is 16.3 Å². The van der Waals surface area contributed by atoms with Gasteiger partial charge in [0, 0.05) is 6.54 Å². The Morgan fingerprint density at radius 3 is 2.68 bits per heavy atom. The number of hydrogen-bond acceptors (Lipinski definition) is 5. The van der Waals surface area contributed by atoms with Crippen molar-refractivity contribution in [3.63, 3.8) is 0 Å². The van der Waals surface area contributed by atoms with Gasteiger partial charge in [-0.25, -0.2) is 13.6 Å². The van der Waals surface area contributed by atoms with Crippen LogP contribution in [0.5, 0.6) is 0 Å². The first-order valence-electron chi connectivity index (χ1n) is 5.84. The van der Waals surface area contributed by atoms with Crippen LogP contribution in [0.3, 0.4) is 0 Å². The fourth-order valence-electron chi connectivity index (χ4n) is 1.95. The summed E-state index contributed by atoms with van der Waals surface area (Å²) >= 11 is 0. The number of piperidine rings is 1. The number of hydrogen-bond donors (Lipinski definition) is 4. The third-order valence-electron chi connectivity index (χ3n) is 2.97. The lowest BCUT2D eigenvalue weighted by Crippen LogP contribution is -2.44. The molecule has 8 heteroatoms. The van der Waals surface area contributed by atoms with E-state index in [1.807, 2.05) is 0 Å². The molecule has 0 radical (unpaired) electrons. The molecular formula is C11H16N4O3S. The molecule has 6 N–H and O–H groups in total. The quantitative estimate of drug-likeness (QED) is 0.562. The molecular weight excluding hydrogens is 268 g/mol. The van der Waals surface area contributed by atoms with Crippen LogP contribution in [0.15, 0.2) is 23.1 Å². The smallest absolute Gasteiger partial charge is 0.242 e. The molecule has 1 aromatic carbocycles. The fourth-order valence-corrected chi connectivity index (χ4v) is 2.50. The van der Waals surface area contributed by atoms with Crippen LogP contribution in [0, 0.1) is 0 Å².